The molecule has 3 aromatic heterocycles. The van der Waals surface area contributed by atoms with Crippen molar-refractivity contribution >= 4 is 43.7 Å². The molecule has 0 bridgehead atoms. The van der Waals surface area contributed by atoms with E-state index in [4.69, 9.17) is 4.98 Å². The monoisotopic (exact) mass is 635 g/mol. The van der Waals surface area contributed by atoms with Gasteiger partial charge in [-0.15, -0.1) is 0 Å². The van der Waals surface area contributed by atoms with Crippen LogP contribution in [0.15, 0.2) is 176 Å². The lowest BCUT2D eigenvalue weighted by Gasteiger charge is -2.23. The minimum atomic E-state index is 0.997. The van der Waals surface area contributed by atoms with Crippen LogP contribution in [0.4, 0.5) is 0 Å². The molecule has 0 unspecified atom stereocenters. The minimum absolute atomic E-state index is 0.997. The van der Waals surface area contributed by atoms with Gasteiger partial charge in [-0.05, 0) is 99.1 Å². The predicted molar refractivity (Wildman–Crippen MR) is 208 cm³/mol. The third-order valence-electron chi connectivity index (χ3n) is 10.5. The summed E-state index contributed by atoms with van der Waals surface area (Å²) in [5.74, 6) is 0. The first-order valence-electron chi connectivity index (χ1n) is 17.1. The van der Waals surface area contributed by atoms with Crippen molar-refractivity contribution in [3.05, 3.63) is 176 Å². The molecule has 0 radical (unpaired) electrons. The molecular weight excluding hydrogens is 607 g/mol. The molecule has 1 aliphatic rings. The van der Waals surface area contributed by atoms with E-state index in [-0.39, 0.29) is 0 Å². The van der Waals surface area contributed by atoms with Crippen LogP contribution < -0.4 is 0 Å². The first-order chi connectivity index (χ1) is 24.8. The van der Waals surface area contributed by atoms with E-state index in [0.29, 0.717) is 0 Å². The van der Waals surface area contributed by atoms with Gasteiger partial charge in [-0.2, -0.15) is 0 Å². The average molecular weight is 636 g/mol. The van der Waals surface area contributed by atoms with Crippen LogP contribution in [-0.4, -0.2) is 14.1 Å². The molecule has 1 aliphatic carbocycles. The van der Waals surface area contributed by atoms with Gasteiger partial charge in [0.25, 0.3) is 0 Å². The van der Waals surface area contributed by atoms with Gasteiger partial charge in [0.1, 0.15) is 0 Å². The average Bonchev–Trinajstić information content (AvgIpc) is 3.70. The Morgan fingerprint density at radius 2 is 0.720 bits per heavy atom. The second-order valence-corrected chi connectivity index (χ2v) is 13.1. The van der Waals surface area contributed by atoms with E-state index < -0.39 is 0 Å². The van der Waals surface area contributed by atoms with Crippen molar-refractivity contribution in [3.63, 3.8) is 0 Å². The molecule has 0 spiro atoms. The van der Waals surface area contributed by atoms with E-state index in [1.54, 1.807) is 0 Å². The van der Waals surface area contributed by atoms with Gasteiger partial charge in [0, 0.05) is 33.7 Å². The molecule has 0 saturated heterocycles. The van der Waals surface area contributed by atoms with Crippen molar-refractivity contribution < 1.29 is 0 Å². The molecule has 50 heavy (non-hydrogen) atoms. The van der Waals surface area contributed by atoms with Crippen LogP contribution in [0.25, 0.3) is 99.6 Å². The number of para-hydroxylation sites is 2. The number of nitrogens with zero attached hydrogens (tertiary/aromatic N) is 3. The zero-order valence-corrected chi connectivity index (χ0v) is 27.1. The SMILES string of the molecule is c1ccc2c(c1)-c1ccccc1-c1ccc(-n3c4ccc(-n5c6ccccc6c6ccccc65)cc4c4ncccc43)cc1-c1ccccc1-2. The summed E-state index contributed by atoms with van der Waals surface area (Å²) < 4.78 is 4.77. The molecule has 3 nitrogen and oxygen atoms in total. The van der Waals surface area contributed by atoms with Crippen LogP contribution in [0, 0.1) is 0 Å². The van der Waals surface area contributed by atoms with E-state index >= 15 is 0 Å². The maximum Gasteiger partial charge on any atom is 0.0964 e. The lowest BCUT2D eigenvalue weighted by atomic mass is 9.81. The van der Waals surface area contributed by atoms with Gasteiger partial charge in [0.05, 0.1) is 27.6 Å². The highest BCUT2D eigenvalue weighted by molar-refractivity contribution is 6.11. The second kappa shape index (κ2) is 10.4. The molecule has 0 aliphatic heterocycles. The summed E-state index contributed by atoms with van der Waals surface area (Å²) in [6.45, 7) is 0. The van der Waals surface area contributed by atoms with Crippen LogP contribution in [0.2, 0.25) is 0 Å². The first kappa shape index (κ1) is 27.3. The van der Waals surface area contributed by atoms with Crippen molar-refractivity contribution in [1.29, 1.82) is 0 Å². The van der Waals surface area contributed by atoms with Crippen molar-refractivity contribution in [2.45, 2.75) is 0 Å². The summed E-state index contributed by atoms with van der Waals surface area (Å²) in [6, 6.07) is 61.9. The molecule has 3 heteroatoms. The third-order valence-corrected chi connectivity index (χ3v) is 10.5. The number of fused-ring (bicyclic) bond motifs is 14. The standard InChI is InChI=1S/C47H29N3/c1-2-13-33-32(12-1)34-14-3-4-16-36(34)38-25-23-30(28-41(38)37-17-6-5-15-35(33)37)50-45-26-24-31(29-42(45)47-46(50)22-11-27-48-47)49-43-20-9-7-18-39(43)40-19-8-10-21-44(40)49/h1-29H. The molecule has 0 amide bonds. The number of hydrogen-bond donors (Lipinski definition) is 0. The zero-order chi connectivity index (χ0) is 32.8. The minimum Gasteiger partial charge on any atom is -0.309 e. The number of aromatic nitrogens is 3. The summed E-state index contributed by atoms with van der Waals surface area (Å²) in [5, 5.41) is 3.65. The maximum atomic E-state index is 4.98. The summed E-state index contributed by atoms with van der Waals surface area (Å²) >= 11 is 0. The second-order valence-electron chi connectivity index (χ2n) is 13.1. The molecule has 0 N–H and O–H groups in total. The van der Waals surface area contributed by atoms with E-state index in [1.165, 1.54) is 66.3 Å². The lowest BCUT2D eigenvalue weighted by molar-refractivity contribution is 1.16. The first-order valence-corrected chi connectivity index (χ1v) is 17.1. The fraction of sp³-hybridized carbons (Fsp3) is 0. The highest BCUT2D eigenvalue weighted by Gasteiger charge is 2.23. The summed E-state index contributed by atoms with van der Waals surface area (Å²) in [6.07, 6.45) is 1.91. The number of hydrogen-bond acceptors (Lipinski definition) is 1. The van der Waals surface area contributed by atoms with Gasteiger partial charge in [0.2, 0.25) is 0 Å². The molecule has 10 aromatic rings. The third kappa shape index (κ3) is 3.77. The van der Waals surface area contributed by atoms with E-state index in [9.17, 15) is 0 Å². The Labute approximate surface area is 288 Å². The molecule has 3 heterocycles. The Bertz CT molecular complexity index is 2940. The molecular formula is C47H29N3. The molecule has 0 fully saturated rings. The molecule has 0 saturated carbocycles. The van der Waals surface area contributed by atoms with E-state index in [0.717, 1.165) is 33.3 Å². The van der Waals surface area contributed by atoms with Gasteiger partial charge in [-0.3, -0.25) is 4.98 Å². The molecule has 0 atom stereocenters. The Hall–Kier alpha value is -6.71. The zero-order valence-electron chi connectivity index (χ0n) is 27.1. The molecule has 7 aromatic carbocycles. The fourth-order valence-corrected chi connectivity index (χ4v) is 8.43. The van der Waals surface area contributed by atoms with Crippen LogP contribution >= 0.6 is 0 Å². The summed E-state index contributed by atoms with van der Waals surface area (Å²) in [4.78, 5) is 4.98. The smallest absolute Gasteiger partial charge is 0.0964 e. The van der Waals surface area contributed by atoms with Gasteiger partial charge in [-0.25, -0.2) is 0 Å². The normalized spacial score (nSPS) is 12.0. The molecule has 232 valence electrons. The van der Waals surface area contributed by atoms with Crippen molar-refractivity contribution in [1.82, 2.24) is 14.1 Å². The van der Waals surface area contributed by atoms with Crippen LogP contribution in [0.1, 0.15) is 0 Å². The quantitative estimate of drug-likeness (QED) is 0.185. The van der Waals surface area contributed by atoms with Crippen molar-refractivity contribution in [2.24, 2.45) is 0 Å². The Kier molecular flexibility index (Phi) is 5.67. The lowest BCUT2D eigenvalue weighted by Crippen LogP contribution is -2.00. The Morgan fingerprint density at radius 3 is 1.32 bits per heavy atom. The topological polar surface area (TPSA) is 22.8 Å². The maximum absolute atomic E-state index is 4.98. The van der Waals surface area contributed by atoms with Crippen LogP contribution in [-0.2, 0) is 0 Å². The summed E-state index contributed by atoms with van der Waals surface area (Å²) in [7, 11) is 0. The highest BCUT2D eigenvalue weighted by Crippen LogP contribution is 2.48. The number of benzene rings is 7. The van der Waals surface area contributed by atoms with Crippen LogP contribution in [0.5, 0.6) is 0 Å². The van der Waals surface area contributed by atoms with Crippen molar-refractivity contribution in [3.8, 4) is 55.9 Å². The Balaban J connectivity index is 1.18. The highest BCUT2D eigenvalue weighted by atomic mass is 15.0. The molecule has 11 rings (SSSR count). The van der Waals surface area contributed by atoms with Crippen LogP contribution in [0.3, 0.4) is 0 Å². The van der Waals surface area contributed by atoms with Crippen molar-refractivity contribution in [2.75, 3.05) is 0 Å². The number of pyridine rings is 1. The van der Waals surface area contributed by atoms with E-state index in [1.807, 2.05) is 12.3 Å². The largest absolute Gasteiger partial charge is 0.309 e. The van der Waals surface area contributed by atoms with E-state index in [2.05, 4.69) is 173 Å². The number of rotatable bonds is 2. The summed E-state index contributed by atoms with van der Waals surface area (Å²) in [5.41, 5.74) is 17.8. The predicted octanol–water partition coefficient (Wildman–Crippen LogP) is 12.3. The fourth-order valence-electron chi connectivity index (χ4n) is 8.43. The van der Waals surface area contributed by atoms with Gasteiger partial charge < -0.3 is 9.13 Å². The van der Waals surface area contributed by atoms with Gasteiger partial charge >= 0.3 is 0 Å². The Morgan fingerprint density at radius 1 is 0.300 bits per heavy atom. The van der Waals surface area contributed by atoms with Gasteiger partial charge in [0.15, 0.2) is 0 Å². The van der Waals surface area contributed by atoms with Gasteiger partial charge in [-0.1, -0.05) is 115 Å².